The number of nitrogens with one attached hydrogen (secondary N) is 2. The Morgan fingerprint density at radius 2 is 1.93 bits per heavy atom. The Hall–Kier alpha value is -2.45. The van der Waals surface area contributed by atoms with E-state index >= 15 is 0 Å². The first-order valence-corrected chi connectivity index (χ1v) is 10.1. The van der Waals surface area contributed by atoms with Gasteiger partial charge in [-0.2, -0.15) is 0 Å². The molecule has 2 heterocycles. The molecule has 0 radical (unpaired) electrons. The molecular weight excluding hydrogens is 380 g/mol. The summed E-state index contributed by atoms with van der Waals surface area (Å²) in [5, 5.41) is 6.35. The van der Waals surface area contributed by atoms with Gasteiger partial charge in [-0.15, -0.1) is 11.3 Å². The second-order valence-electron chi connectivity index (χ2n) is 6.06. The molecule has 0 saturated heterocycles. The highest BCUT2D eigenvalue weighted by atomic mass is 32.2. The van der Waals surface area contributed by atoms with E-state index in [1.807, 2.05) is 44.2 Å². The summed E-state index contributed by atoms with van der Waals surface area (Å²) in [5.74, 6) is -0.359. The lowest BCUT2D eigenvalue weighted by Crippen LogP contribution is -2.42. The molecule has 8 heteroatoms. The smallest absolute Gasteiger partial charge is 0.321 e. The molecule has 0 aliphatic heterocycles. The Kier molecular flexibility index (Phi) is 6.08. The number of aromatic nitrogens is 2. The molecular formula is C19H20N4O2S2. The van der Waals surface area contributed by atoms with Crippen LogP contribution in [0.5, 0.6) is 0 Å². The maximum Gasteiger partial charge on any atom is 0.321 e. The lowest BCUT2D eigenvalue weighted by atomic mass is 10.2. The number of amides is 3. The average molecular weight is 401 g/mol. The highest BCUT2D eigenvalue weighted by molar-refractivity contribution is 8.00. The maximum atomic E-state index is 12.4. The SMILES string of the molecule is Cc1sc2ncnc(S[C@H](C)C(=O)NC(=O)NCc3ccccc3)c2c1C. The van der Waals surface area contributed by atoms with Crippen LogP contribution in [0.2, 0.25) is 0 Å². The zero-order valence-electron chi connectivity index (χ0n) is 15.3. The summed E-state index contributed by atoms with van der Waals surface area (Å²) in [4.78, 5) is 35.1. The number of thioether (sulfide) groups is 1. The fourth-order valence-corrected chi connectivity index (χ4v) is 4.53. The van der Waals surface area contributed by atoms with Crippen molar-refractivity contribution in [2.75, 3.05) is 0 Å². The van der Waals surface area contributed by atoms with Gasteiger partial charge in [-0.05, 0) is 31.9 Å². The molecule has 0 saturated carbocycles. The quantitative estimate of drug-likeness (QED) is 0.502. The largest absolute Gasteiger partial charge is 0.334 e. The molecule has 0 fully saturated rings. The van der Waals surface area contributed by atoms with Gasteiger partial charge in [0.05, 0.1) is 5.25 Å². The van der Waals surface area contributed by atoms with Crippen LogP contribution in [0.25, 0.3) is 10.2 Å². The van der Waals surface area contributed by atoms with Gasteiger partial charge in [0.1, 0.15) is 16.2 Å². The van der Waals surface area contributed by atoms with Crippen molar-refractivity contribution in [3.8, 4) is 0 Å². The molecule has 6 nitrogen and oxygen atoms in total. The van der Waals surface area contributed by atoms with E-state index < -0.39 is 11.3 Å². The van der Waals surface area contributed by atoms with Gasteiger partial charge < -0.3 is 5.32 Å². The third-order valence-electron chi connectivity index (χ3n) is 4.12. The second kappa shape index (κ2) is 8.49. The maximum absolute atomic E-state index is 12.4. The van der Waals surface area contributed by atoms with Gasteiger partial charge in [0.2, 0.25) is 5.91 Å². The number of benzene rings is 1. The van der Waals surface area contributed by atoms with E-state index in [1.54, 1.807) is 18.3 Å². The number of aryl methyl sites for hydroxylation is 2. The Morgan fingerprint density at radius 1 is 1.19 bits per heavy atom. The highest BCUT2D eigenvalue weighted by Gasteiger charge is 2.20. The van der Waals surface area contributed by atoms with Crippen LogP contribution in [0.1, 0.15) is 22.9 Å². The van der Waals surface area contributed by atoms with Gasteiger partial charge in [-0.25, -0.2) is 14.8 Å². The number of hydrogen-bond acceptors (Lipinski definition) is 6. The molecule has 140 valence electrons. The molecule has 0 unspecified atom stereocenters. The summed E-state index contributed by atoms with van der Waals surface area (Å²) in [6.07, 6.45) is 1.51. The van der Waals surface area contributed by atoms with E-state index in [0.717, 1.165) is 26.4 Å². The van der Waals surface area contributed by atoms with Gasteiger partial charge >= 0.3 is 6.03 Å². The zero-order valence-corrected chi connectivity index (χ0v) is 16.9. The van der Waals surface area contributed by atoms with Crippen molar-refractivity contribution in [1.29, 1.82) is 0 Å². The van der Waals surface area contributed by atoms with Crippen LogP contribution in [-0.2, 0) is 11.3 Å². The normalized spacial score (nSPS) is 12.0. The van der Waals surface area contributed by atoms with E-state index in [1.165, 1.54) is 23.0 Å². The van der Waals surface area contributed by atoms with Crippen molar-refractivity contribution < 1.29 is 9.59 Å². The fourth-order valence-electron chi connectivity index (χ4n) is 2.50. The van der Waals surface area contributed by atoms with Crippen molar-refractivity contribution in [2.45, 2.75) is 37.6 Å². The van der Waals surface area contributed by atoms with Gasteiger partial charge in [0, 0.05) is 16.8 Å². The predicted molar refractivity (Wildman–Crippen MR) is 109 cm³/mol. The van der Waals surface area contributed by atoms with Crippen LogP contribution in [-0.4, -0.2) is 27.2 Å². The Balaban J connectivity index is 1.60. The number of nitrogens with zero attached hydrogens (tertiary/aromatic N) is 2. The minimum Gasteiger partial charge on any atom is -0.334 e. The lowest BCUT2D eigenvalue weighted by molar-refractivity contribution is -0.119. The summed E-state index contributed by atoms with van der Waals surface area (Å²) in [7, 11) is 0. The topological polar surface area (TPSA) is 84.0 Å². The number of rotatable bonds is 5. The van der Waals surface area contributed by atoms with Crippen molar-refractivity contribution in [3.05, 3.63) is 52.7 Å². The fraction of sp³-hybridized carbons (Fsp3) is 0.263. The van der Waals surface area contributed by atoms with Gasteiger partial charge in [0.25, 0.3) is 0 Å². The molecule has 1 atom stereocenters. The average Bonchev–Trinajstić information content (AvgIpc) is 2.96. The molecule has 3 aromatic rings. The Morgan fingerprint density at radius 3 is 2.67 bits per heavy atom. The summed E-state index contributed by atoms with van der Waals surface area (Å²) >= 11 is 2.94. The summed E-state index contributed by atoms with van der Waals surface area (Å²) in [6.45, 7) is 6.20. The molecule has 0 aliphatic rings. The first-order valence-electron chi connectivity index (χ1n) is 8.45. The minimum absolute atomic E-state index is 0.359. The van der Waals surface area contributed by atoms with Crippen LogP contribution >= 0.6 is 23.1 Å². The summed E-state index contributed by atoms with van der Waals surface area (Å²) < 4.78 is 0. The first-order chi connectivity index (χ1) is 13.0. The highest BCUT2D eigenvalue weighted by Crippen LogP contribution is 2.35. The second-order valence-corrected chi connectivity index (χ2v) is 8.59. The molecule has 1 aromatic carbocycles. The van der Waals surface area contributed by atoms with Crippen molar-refractivity contribution in [1.82, 2.24) is 20.6 Å². The van der Waals surface area contributed by atoms with E-state index in [-0.39, 0.29) is 5.91 Å². The predicted octanol–water partition coefficient (Wildman–Crippen LogP) is 3.81. The molecule has 3 rings (SSSR count). The number of urea groups is 1. The molecule has 2 aromatic heterocycles. The standard InChI is InChI=1S/C19H20N4O2S2/c1-11-12(2)26-17-15(11)18(22-10-21-17)27-13(3)16(24)23-19(25)20-9-14-7-5-4-6-8-14/h4-8,10,13H,9H2,1-3H3,(H2,20,23,24,25)/t13-/m1/s1. The van der Waals surface area contributed by atoms with Crippen molar-refractivity contribution in [2.24, 2.45) is 0 Å². The molecule has 0 bridgehead atoms. The van der Waals surface area contributed by atoms with E-state index in [2.05, 4.69) is 20.6 Å². The van der Waals surface area contributed by atoms with E-state index in [0.29, 0.717) is 6.54 Å². The van der Waals surface area contributed by atoms with Crippen LogP contribution in [0, 0.1) is 13.8 Å². The molecule has 2 N–H and O–H groups in total. The van der Waals surface area contributed by atoms with Crippen LogP contribution < -0.4 is 10.6 Å². The zero-order chi connectivity index (χ0) is 19.4. The van der Waals surface area contributed by atoms with E-state index in [4.69, 9.17) is 0 Å². The number of carbonyl (C=O) groups excluding carboxylic acids is 2. The number of thiophene rings is 1. The summed E-state index contributed by atoms with van der Waals surface area (Å²) in [6, 6.07) is 9.02. The molecule has 3 amide bonds. The molecule has 0 spiro atoms. The van der Waals surface area contributed by atoms with Crippen LogP contribution in [0.4, 0.5) is 4.79 Å². The first kappa shape index (κ1) is 19.3. The number of imide groups is 1. The Bertz CT molecular complexity index is 973. The lowest BCUT2D eigenvalue weighted by Gasteiger charge is -2.12. The van der Waals surface area contributed by atoms with Gasteiger partial charge in [-0.3, -0.25) is 10.1 Å². The van der Waals surface area contributed by atoms with E-state index in [9.17, 15) is 9.59 Å². The minimum atomic E-state index is -0.508. The van der Waals surface area contributed by atoms with Crippen molar-refractivity contribution in [3.63, 3.8) is 0 Å². The van der Waals surface area contributed by atoms with Gasteiger partial charge in [0.15, 0.2) is 0 Å². The summed E-state index contributed by atoms with van der Waals surface area (Å²) in [5.41, 5.74) is 2.10. The monoisotopic (exact) mass is 400 g/mol. The van der Waals surface area contributed by atoms with Crippen molar-refractivity contribution >= 4 is 45.3 Å². The molecule has 27 heavy (non-hydrogen) atoms. The molecule has 0 aliphatic carbocycles. The third kappa shape index (κ3) is 4.64. The number of carbonyl (C=O) groups is 2. The number of fused-ring (bicyclic) bond motifs is 1. The van der Waals surface area contributed by atoms with Crippen LogP contribution in [0.15, 0.2) is 41.7 Å². The third-order valence-corrected chi connectivity index (χ3v) is 6.34. The number of hydrogen-bond donors (Lipinski definition) is 2. The van der Waals surface area contributed by atoms with Crippen LogP contribution in [0.3, 0.4) is 0 Å². The Labute approximate surface area is 165 Å². The van der Waals surface area contributed by atoms with Gasteiger partial charge in [-0.1, -0.05) is 42.1 Å².